The van der Waals surface area contributed by atoms with Gasteiger partial charge in [0.15, 0.2) is 0 Å². The van der Waals surface area contributed by atoms with Crippen molar-refractivity contribution in [3.8, 4) is 0 Å². The second-order valence-electron chi connectivity index (χ2n) is 3.24. The first kappa shape index (κ1) is 11.4. The quantitative estimate of drug-likeness (QED) is 0.805. The summed E-state index contributed by atoms with van der Waals surface area (Å²) in [4.78, 5) is -0.267. The lowest BCUT2D eigenvalue weighted by Gasteiger charge is -2.06. The number of benzene rings is 1. The molecule has 1 aromatic carbocycles. The molecule has 0 fully saturated rings. The maximum absolute atomic E-state index is 13.0. The van der Waals surface area contributed by atoms with Gasteiger partial charge < -0.3 is 10.3 Å². The summed E-state index contributed by atoms with van der Waals surface area (Å²) in [5.74, 6) is -0.726. The molecule has 2 aromatic rings. The number of nitrogen functional groups attached to an aromatic ring is 1. The second kappa shape index (κ2) is 4.06. The van der Waals surface area contributed by atoms with Crippen molar-refractivity contribution in [3.05, 3.63) is 36.5 Å². The Morgan fingerprint density at radius 3 is 2.71 bits per heavy atom. The van der Waals surface area contributed by atoms with Crippen LogP contribution in [0.4, 0.5) is 15.8 Å². The van der Waals surface area contributed by atoms with Crippen molar-refractivity contribution < 1.29 is 17.3 Å². The van der Waals surface area contributed by atoms with E-state index in [4.69, 9.17) is 5.73 Å². The molecule has 2 rings (SSSR count). The van der Waals surface area contributed by atoms with Gasteiger partial charge in [0, 0.05) is 5.69 Å². The van der Waals surface area contributed by atoms with Crippen molar-refractivity contribution in [2.45, 2.75) is 4.90 Å². The van der Waals surface area contributed by atoms with Crippen molar-refractivity contribution in [2.24, 2.45) is 0 Å². The van der Waals surface area contributed by atoms with Gasteiger partial charge in [0.05, 0.1) is 11.1 Å². The molecule has 6 nitrogen and oxygen atoms in total. The molecule has 0 bridgehead atoms. The molecule has 0 aliphatic carbocycles. The summed E-state index contributed by atoms with van der Waals surface area (Å²) >= 11 is 0. The monoisotopic (exact) mass is 257 g/mol. The average Bonchev–Trinajstić information content (AvgIpc) is 2.68. The molecular formula is C9H8FN3O3S. The third-order valence-electron chi connectivity index (χ3n) is 1.89. The normalized spacial score (nSPS) is 11.4. The molecule has 17 heavy (non-hydrogen) atoms. The van der Waals surface area contributed by atoms with E-state index in [1.807, 2.05) is 0 Å². The highest BCUT2D eigenvalue weighted by atomic mass is 32.2. The van der Waals surface area contributed by atoms with E-state index < -0.39 is 15.8 Å². The summed E-state index contributed by atoms with van der Waals surface area (Å²) in [5.41, 5.74) is 5.54. The topological polar surface area (TPSA) is 98.2 Å². The fourth-order valence-electron chi connectivity index (χ4n) is 1.21. The number of nitrogens with two attached hydrogens (primary N) is 1. The van der Waals surface area contributed by atoms with Crippen LogP contribution < -0.4 is 10.5 Å². The minimum Gasteiger partial charge on any atom is -0.399 e. The summed E-state index contributed by atoms with van der Waals surface area (Å²) in [5, 5.41) is 3.33. The molecule has 0 atom stereocenters. The lowest BCUT2D eigenvalue weighted by molar-refractivity contribution is 0.420. The second-order valence-corrected chi connectivity index (χ2v) is 4.92. The Kier molecular flexibility index (Phi) is 2.72. The Labute approximate surface area is 96.3 Å². The minimum absolute atomic E-state index is 0.0238. The molecule has 1 heterocycles. The van der Waals surface area contributed by atoms with Gasteiger partial charge in [-0.1, -0.05) is 5.16 Å². The smallest absolute Gasteiger partial charge is 0.262 e. The van der Waals surface area contributed by atoms with Gasteiger partial charge in [0.1, 0.15) is 17.8 Å². The minimum atomic E-state index is -3.90. The van der Waals surface area contributed by atoms with Crippen LogP contribution >= 0.6 is 0 Å². The Morgan fingerprint density at radius 2 is 2.12 bits per heavy atom. The van der Waals surface area contributed by atoms with E-state index in [0.29, 0.717) is 0 Å². The van der Waals surface area contributed by atoms with Gasteiger partial charge in [0.25, 0.3) is 10.0 Å². The average molecular weight is 257 g/mol. The van der Waals surface area contributed by atoms with Gasteiger partial charge in [-0.3, -0.25) is 4.72 Å². The van der Waals surface area contributed by atoms with Crippen LogP contribution in [0.5, 0.6) is 0 Å². The van der Waals surface area contributed by atoms with Crippen molar-refractivity contribution in [2.75, 3.05) is 10.5 Å². The first-order chi connectivity index (χ1) is 7.97. The van der Waals surface area contributed by atoms with Gasteiger partial charge >= 0.3 is 0 Å². The molecule has 0 saturated heterocycles. The third kappa shape index (κ3) is 2.53. The van der Waals surface area contributed by atoms with Gasteiger partial charge in [0.2, 0.25) is 0 Å². The van der Waals surface area contributed by atoms with Gasteiger partial charge in [-0.15, -0.1) is 0 Å². The van der Waals surface area contributed by atoms with Crippen LogP contribution in [0.3, 0.4) is 0 Å². The summed E-state index contributed by atoms with van der Waals surface area (Å²) in [6.07, 6.45) is 2.29. The van der Waals surface area contributed by atoms with E-state index >= 15 is 0 Å². The molecule has 0 unspecified atom stereocenters. The van der Waals surface area contributed by atoms with Crippen LogP contribution in [-0.4, -0.2) is 13.6 Å². The van der Waals surface area contributed by atoms with Gasteiger partial charge in [-0.05, 0) is 18.2 Å². The number of hydrogen-bond acceptors (Lipinski definition) is 5. The van der Waals surface area contributed by atoms with Crippen LogP contribution in [0.25, 0.3) is 0 Å². The van der Waals surface area contributed by atoms with Crippen LogP contribution in [0.15, 0.2) is 40.1 Å². The molecule has 0 spiro atoms. The largest absolute Gasteiger partial charge is 0.399 e. The fourth-order valence-corrected chi connectivity index (χ4v) is 2.30. The maximum Gasteiger partial charge on any atom is 0.262 e. The molecule has 0 radical (unpaired) electrons. The number of nitrogens with one attached hydrogen (secondary N) is 1. The molecule has 3 N–H and O–H groups in total. The van der Waals surface area contributed by atoms with Crippen molar-refractivity contribution in [1.29, 1.82) is 0 Å². The first-order valence-corrected chi connectivity index (χ1v) is 5.94. The van der Waals surface area contributed by atoms with Crippen molar-refractivity contribution in [3.63, 3.8) is 0 Å². The Morgan fingerprint density at radius 1 is 1.35 bits per heavy atom. The van der Waals surface area contributed by atoms with Crippen LogP contribution in [0.1, 0.15) is 0 Å². The zero-order valence-corrected chi connectivity index (χ0v) is 9.24. The molecule has 8 heteroatoms. The zero-order valence-electron chi connectivity index (χ0n) is 8.42. The summed E-state index contributed by atoms with van der Waals surface area (Å²) in [6, 6.07) is 3.05. The lowest BCUT2D eigenvalue weighted by Crippen LogP contribution is -2.13. The summed E-state index contributed by atoms with van der Waals surface area (Å²) in [6.45, 7) is 0. The van der Waals surface area contributed by atoms with Crippen molar-refractivity contribution in [1.82, 2.24) is 5.16 Å². The summed E-state index contributed by atoms with van der Waals surface area (Å²) in [7, 11) is -3.90. The van der Waals surface area contributed by atoms with Crippen LogP contribution in [0.2, 0.25) is 0 Å². The number of nitrogens with zero attached hydrogens (tertiary/aromatic N) is 1. The molecule has 0 amide bonds. The van der Waals surface area contributed by atoms with Crippen LogP contribution in [0, 0.1) is 5.82 Å². The highest BCUT2D eigenvalue weighted by Crippen LogP contribution is 2.19. The van der Waals surface area contributed by atoms with E-state index in [1.54, 1.807) is 0 Å². The Hall–Kier alpha value is -2.09. The highest BCUT2D eigenvalue weighted by Gasteiger charge is 2.16. The van der Waals surface area contributed by atoms with E-state index in [-0.39, 0.29) is 16.3 Å². The zero-order chi connectivity index (χ0) is 12.5. The SMILES string of the molecule is Nc1cc(F)cc(S(=O)(=O)Nc2cnoc2)c1. The number of rotatable bonds is 3. The Balaban J connectivity index is 2.38. The molecule has 0 saturated carbocycles. The van der Waals surface area contributed by atoms with E-state index in [0.717, 1.165) is 24.5 Å². The molecular weight excluding hydrogens is 249 g/mol. The fraction of sp³-hybridized carbons (Fsp3) is 0. The Bertz CT molecular complexity index is 605. The first-order valence-electron chi connectivity index (χ1n) is 4.46. The van der Waals surface area contributed by atoms with Crippen LogP contribution in [-0.2, 0) is 10.0 Å². The van der Waals surface area contributed by atoms with Gasteiger partial charge in [-0.2, -0.15) is 0 Å². The highest BCUT2D eigenvalue weighted by molar-refractivity contribution is 7.92. The van der Waals surface area contributed by atoms with Crippen molar-refractivity contribution >= 4 is 21.4 Å². The molecule has 1 aromatic heterocycles. The number of aromatic nitrogens is 1. The summed E-state index contributed by atoms with van der Waals surface area (Å²) < 4.78 is 43.3. The molecule has 90 valence electrons. The molecule has 0 aliphatic heterocycles. The number of sulfonamides is 1. The number of hydrogen-bond donors (Lipinski definition) is 2. The van der Waals surface area contributed by atoms with Gasteiger partial charge in [-0.25, -0.2) is 12.8 Å². The number of anilines is 2. The van der Waals surface area contributed by atoms with E-state index in [1.165, 1.54) is 6.20 Å². The molecule has 0 aliphatic rings. The maximum atomic E-state index is 13.0. The third-order valence-corrected chi connectivity index (χ3v) is 3.25. The van der Waals surface area contributed by atoms with E-state index in [9.17, 15) is 12.8 Å². The predicted octanol–water partition coefficient (Wildman–Crippen LogP) is 1.20. The lowest BCUT2D eigenvalue weighted by atomic mass is 10.3. The van der Waals surface area contributed by atoms with E-state index in [2.05, 4.69) is 14.4 Å². The predicted molar refractivity (Wildman–Crippen MR) is 58.1 cm³/mol. The standard InChI is InChI=1S/C9H8FN3O3S/c10-6-1-7(11)3-9(2-6)17(14,15)13-8-4-12-16-5-8/h1-5,13H,11H2. The number of halogens is 1.